The number of aromatic nitrogens is 3. The topological polar surface area (TPSA) is 73.0 Å². The van der Waals surface area contributed by atoms with Gasteiger partial charge in [-0.3, -0.25) is 9.36 Å². The van der Waals surface area contributed by atoms with E-state index in [2.05, 4.69) is 39.1 Å². The first-order valence-electron chi connectivity index (χ1n) is 10.1. The maximum atomic E-state index is 12.4. The first-order valence-corrected chi connectivity index (χ1v) is 11.1. The second kappa shape index (κ2) is 9.31. The SMILES string of the molecule is Cc1ccc(CNC(=O)CSc2nnc(-c3ccco3)n2C2CCCCC2)cc1. The lowest BCUT2D eigenvalue weighted by molar-refractivity contribution is -0.118. The minimum absolute atomic E-state index is 0.00619. The first-order chi connectivity index (χ1) is 14.2. The van der Waals surface area contributed by atoms with Crippen molar-refractivity contribution < 1.29 is 9.21 Å². The van der Waals surface area contributed by atoms with Gasteiger partial charge in [-0.1, -0.05) is 60.9 Å². The van der Waals surface area contributed by atoms with E-state index in [1.807, 2.05) is 24.3 Å². The van der Waals surface area contributed by atoms with Crippen LogP contribution >= 0.6 is 11.8 Å². The Balaban J connectivity index is 1.42. The normalized spacial score (nSPS) is 14.8. The van der Waals surface area contributed by atoms with Crippen LogP contribution in [0.5, 0.6) is 0 Å². The molecule has 0 bridgehead atoms. The summed E-state index contributed by atoms with van der Waals surface area (Å²) in [6.45, 7) is 2.59. The van der Waals surface area contributed by atoms with Crippen LogP contribution in [0.15, 0.2) is 52.2 Å². The molecule has 6 nitrogen and oxygen atoms in total. The van der Waals surface area contributed by atoms with Gasteiger partial charge in [0.2, 0.25) is 11.7 Å². The Kier molecular flexibility index (Phi) is 6.34. The minimum atomic E-state index is -0.00619. The van der Waals surface area contributed by atoms with Crippen molar-refractivity contribution in [3.8, 4) is 11.6 Å². The molecule has 0 spiro atoms. The third kappa shape index (κ3) is 4.90. The van der Waals surface area contributed by atoms with E-state index in [9.17, 15) is 4.79 Å². The molecule has 1 amide bonds. The van der Waals surface area contributed by atoms with E-state index in [-0.39, 0.29) is 5.91 Å². The molecule has 1 N–H and O–H groups in total. The summed E-state index contributed by atoms with van der Waals surface area (Å²) in [5.74, 6) is 1.78. The van der Waals surface area contributed by atoms with Gasteiger partial charge < -0.3 is 9.73 Å². The Labute approximate surface area is 175 Å². The van der Waals surface area contributed by atoms with Crippen LogP contribution in [-0.2, 0) is 11.3 Å². The van der Waals surface area contributed by atoms with Gasteiger partial charge in [0, 0.05) is 12.6 Å². The monoisotopic (exact) mass is 410 g/mol. The van der Waals surface area contributed by atoms with Gasteiger partial charge in [0.05, 0.1) is 12.0 Å². The molecular formula is C22H26N4O2S. The molecule has 4 rings (SSSR count). The fourth-order valence-electron chi connectivity index (χ4n) is 3.71. The van der Waals surface area contributed by atoms with Crippen LogP contribution in [-0.4, -0.2) is 26.4 Å². The maximum absolute atomic E-state index is 12.4. The van der Waals surface area contributed by atoms with Gasteiger partial charge >= 0.3 is 0 Å². The molecule has 1 saturated carbocycles. The number of carbonyl (C=O) groups excluding carboxylic acids is 1. The number of hydrogen-bond donors (Lipinski definition) is 1. The highest BCUT2D eigenvalue weighted by Crippen LogP contribution is 2.35. The molecule has 2 aromatic heterocycles. The molecule has 1 aliphatic carbocycles. The summed E-state index contributed by atoms with van der Waals surface area (Å²) in [4.78, 5) is 12.4. The van der Waals surface area contributed by atoms with Crippen LogP contribution in [0, 0.1) is 6.92 Å². The Bertz CT molecular complexity index is 928. The molecule has 0 aliphatic heterocycles. The summed E-state index contributed by atoms with van der Waals surface area (Å²) >= 11 is 1.44. The van der Waals surface area contributed by atoms with E-state index in [1.54, 1.807) is 6.26 Å². The summed E-state index contributed by atoms with van der Waals surface area (Å²) in [5.41, 5.74) is 2.31. The molecule has 0 unspecified atom stereocenters. The van der Waals surface area contributed by atoms with Crippen LogP contribution in [0.1, 0.15) is 49.3 Å². The highest BCUT2D eigenvalue weighted by molar-refractivity contribution is 7.99. The van der Waals surface area contributed by atoms with Gasteiger partial charge in [0.1, 0.15) is 0 Å². The fourth-order valence-corrected chi connectivity index (χ4v) is 4.54. The van der Waals surface area contributed by atoms with Crippen molar-refractivity contribution in [2.45, 2.75) is 56.8 Å². The minimum Gasteiger partial charge on any atom is -0.461 e. The van der Waals surface area contributed by atoms with Crippen molar-refractivity contribution in [1.82, 2.24) is 20.1 Å². The van der Waals surface area contributed by atoms with E-state index in [4.69, 9.17) is 4.42 Å². The maximum Gasteiger partial charge on any atom is 0.230 e. The van der Waals surface area contributed by atoms with Crippen molar-refractivity contribution in [1.29, 1.82) is 0 Å². The average molecular weight is 411 g/mol. The van der Waals surface area contributed by atoms with Gasteiger partial charge in [-0.15, -0.1) is 10.2 Å². The number of nitrogens with one attached hydrogen (secondary N) is 1. The molecule has 0 radical (unpaired) electrons. The molecule has 1 aliphatic rings. The van der Waals surface area contributed by atoms with Crippen molar-refractivity contribution in [3.05, 3.63) is 53.8 Å². The van der Waals surface area contributed by atoms with Crippen molar-refractivity contribution in [3.63, 3.8) is 0 Å². The lowest BCUT2D eigenvalue weighted by Gasteiger charge is -2.25. The second-order valence-electron chi connectivity index (χ2n) is 7.50. The Morgan fingerprint density at radius 2 is 1.97 bits per heavy atom. The quantitative estimate of drug-likeness (QED) is 0.569. The van der Waals surface area contributed by atoms with Crippen molar-refractivity contribution in [2.75, 3.05) is 5.75 Å². The van der Waals surface area contributed by atoms with Crippen LogP contribution < -0.4 is 5.32 Å². The van der Waals surface area contributed by atoms with E-state index in [0.29, 0.717) is 18.3 Å². The van der Waals surface area contributed by atoms with Crippen LogP contribution in [0.2, 0.25) is 0 Å². The van der Waals surface area contributed by atoms with Gasteiger partial charge in [-0.2, -0.15) is 0 Å². The van der Waals surface area contributed by atoms with E-state index in [0.717, 1.165) is 35.1 Å². The summed E-state index contributed by atoms with van der Waals surface area (Å²) in [7, 11) is 0. The standard InChI is InChI=1S/C22H26N4O2S/c1-16-9-11-17(12-10-16)14-23-20(27)15-29-22-25-24-21(19-8-5-13-28-19)26(22)18-6-3-2-4-7-18/h5,8-13,18H,2-4,6-7,14-15H2,1H3,(H,23,27). The van der Waals surface area contributed by atoms with Crippen molar-refractivity contribution >= 4 is 17.7 Å². The lowest BCUT2D eigenvalue weighted by Crippen LogP contribution is -2.25. The van der Waals surface area contributed by atoms with Crippen molar-refractivity contribution in [2.24, 2.45) is 0 Å². The number of nitrogens with zero attached hydrogens (tertiary/aromatic N) is 3. The van der Waals surface area contributed by atoms with Crippen LogP contribution in [0.4, 0.5) is 0 Å². The fraction of sp³-hybridized carbons (Fsp3) is 0.409. The summed E-state index contributed by atoms with van der Waals surface area (Å²) in [5, 5.41) is 12.5. The van der Waals surface area contributed by atoms with Gasteiger partial charge in [0.25, 0.3) is 0 Å². The molecule has 7 heteroatoms. The molecule has 0 saturated heterocycles. The third-order valence-electron chi connectivity index (χ3n) is 5.29. The second-order valence-corrected chi connectivity index (χ2v) is 8.44. The predicted molar refractivity (Wildman–Crippen MR) is 114 cm³/mol. The number of carbonyl (C=O) groups is 1. The molecular weight excluding hydrogens is 384 g/mol. The molecule has 152 valence electrons. The van der Waals surface area contributed by atoms with Crippen LogP contribution in [0.3, 0.4) is 0 Å². The molecule has 1 aromatic carbocycles. The molecule has 1 fully saturated rings. The number of thioether (sulfide) groups is 1. The third-order valence-corrected chi connectivity index (χ3v) is 6.23. The molecule has 2 heterocycles. The van der Waals surface area contributed by atoms with E-state index >= 15 is 0 Å². The number of rotatable bonds is 7. The molecule has 0 atom stereocenters. The summed E-state index contributed by atoms with van der Waals surface area (Å²) in [6, 6.07) is 12.3. The Hall–Kier alpha value is -2.54. The lowest BCUT2D eigenvalue weighted by atomic mass is 9.95. The highest BCUT2D eigenvalue weighted by Gasteiger charge is 2.25. The molecule has 3 aromatic rings. The smallest absolute Gasteiger partial charge is 0.230 e. The number of furan rings is 1. The zero-order valence-electron chi connectivity index (χ0n) is 16.6. The zero-order chi connectivity index (χ0) is 20.1. The number of hydrogen-bond acceptors (Lipinski definition) is 5. The van der Waals surface area contributed by atoms with E-state index < -0.39 is 0 Å². The first kappa shape index (κ1) is 19.8. The van der Waals surface area contributed by atoms with E-state index in [1.165, 1.54) is 36.6 Å². The zero-order valence-corrected chi connectivity index (χ0v) is 17.5. The van der Waals surface area contributed by atoms with Gasteiger partial charge in [0.15, 0.2) is 10.9 Å². The number of amides is 1. The Morgan fingerprint density at radius 3 is 2.69 bits per heavy atom. The summed E-state index contributed by atoms with van der Waals surface area (Å²) in [6.07, 6.45) is 7.57. The average Bonchev–Trinajstić information content (AvgIpc) is 3.42. The molecule has 29 heavy (non-hydrogen) atoms. The van der Waals surface area contributed by atoms with Gasteiger partial charge in [-0.25, -0.2) is 0 Å². The largest absolute Gasteiger partial charge is 0.461 e. The number of benzene rings is 1. The summed E-state index contributed by atoms with van der Waals surface area (Å²) < 4.78 is 7.75. The predicted octanol–water partition coefficient (Wildman–Crippen LogP) is 4.76. The Morgan fingerprint density at radius 1 is 1.17 bits per heavy atom. The van der Waals surface area contributed by atoms with Gasteiger partial charge in [-0.05, 0) is 37.5 Å². The van der Waals surface area contributed by atoms with Crippen LogP contribution in [0.25, 0.3) is 11.6 Å². The highest BCUT2D eigenvalue weighted by atomic mass is 32.2. The number of aryl methyl sites for hydroxylation is 1.